The predicted octanol–water partition coefficient (Wildman–Crippen LogP) is 2.59. The first-order valence-corrected chi connectivity index (χ1v) is 5.29. The van der Waals surface area contributed by atoms with Crippen LogP contribution < -0.4 is 0 Å². The summed E-state index contributed by atoms with van der Waals surface area (Å²) in [6, 6.07) is 3.63. The summed E-state index contributed by atoms with van der Waals surface area (Å²) < 4.78 is 5.47. The van der Waals surface area contributed by atoms with Crippen LogP contribution in [0.2, 0.25) is 0 Å². The number of aliphatic carboxylic acids is 1. The molecule has 82 valence electrons. The van der Waals surface area contributed by atoms with Crippen LogP contribution in [-0.4, -0.2) is 11.1 Å². The zero-order valence-electron chi connectivity index (χ0n) is 9.28. The number of carboxylic acids is 1. The smallest absolute Gasteiger partial charge is 0.317 e. The lowest BCUT2D eigenvalue weighted by molar-refractivity contribution is -0.141. The van der Waals surface area contributed by atoms with Crippen molar-refractivity contribution in [1.82, 2.24) is 0 Å². The summed E-state index contributed by atoms with van der Waals surface area (Å²) in [6.07, 6.45) is 0.701. The monoisotopic (exact) mass is 208 g/mol. The van der Waals surface area contributed by atoms with Crippen LogP contribution in [0.25, 0.3) is 0 Å². The normalized spacial score (nSPS) is 29.5. The van der Waals surface area contributed by atoms with Gasteiger partial charge in [-0.3, -0.25) is 4.79 Å². The third-order valence-corrected chi connectivity index (χ3v) is 3.38. The highest BCUT2D eigenvalue weighted by Crippen LogP contribution is 2.58. The summed E-state index contributed by atoms with van der Waals surface area (Å²) in [6.45, 7) is 5.96. The molecule has 0 aliphatic heterocycles. The Morgan fingerprint density at radius 2 is 2.27 bits per heavy atom. The van der Waals surface area contributed by atoms with Crippen molar-refractivity contribution < 1.29 is 14.3 Å². The number of hydrogen-bond donors (Lipinski definition) is 1. The number of aryl methyl sites for hydroxylation is 1. The molecule has 2 rings (SSSR count). The Morgan fingerprint density at radius 3 is 2.60 bits per heavy atom. The molecule has 0 amide bonds. The molecule has 1 fully saturated rings. The lowest BCUT2D eigenvalue weighted by Crippen LogP contribution is -2.23. The Hall–Kier alpha value is -1.25. The van der Waals surface area contributed by atoms with Crippen molar-refractivity contribution in [2.24, 2.45) is 11.8 Å². The largest absolute Gasteiger partial charge is 0.480 e. The number of hydrogen-bond acceptors (Lipinski definition) is 2. The van der Waals surface area contributed by atoms with E-state index in [1.165, 1.54) is 0 Å². The van der Waals surface area contributed by atoms with Crippen molar-refractivity contribution in [2.45, 2.75) is 32.6 Å². The molecule has 1 saturated carbocycles. The lowest BCUT2D eigenvalue weighted by atomic mass is 9.95. The maximum absolute atomic E-state index is 11.3. The van der Waals surface area contributed by atoms with E-state index in [-0.39, 0.29) is 5.92 Å². The molecule has 0 saturated heterocycles. The molecule has 15 heavy (non-hydrogen) atoms. The van der Waals surface area contributed by atoms with Crippen molar-refractivity contribution >= 4 is 5.97 Å². The number of rotatable bonds is 3. The van der Waals surface area contributed by atoms with Crippen molar-refractivity contribution in [1.29, 1.82) is 0 Å². The minimum absolute atomic E-state index is 0.209. The molecule has 1 aromatic rings. The van der Waals surface area contributed by atoms with Crippen LogP contribution in [0.1, 0.15) is 31.8 Å². The van der Waals surface area contributed by atoms with Gasteiger partial charge in [-0.05, 0) is 37.3 Å². The maximum Gasteiger partial charge on any atom is 0.317 e. The van der Waals surface area contributed by atoms with Gasteiger partial charge in [-0.15, -0.1) is 0 Å². The summed E-state index contributed by atoms with van der Waals surface area (Å²) in [5, 5.41) is 9.33. The quantitative estimate of drug-likeness (QED) is 0.830. The van der Waals surface area contributed by atoms with E-state index in [0.29, 0.717) is 18.1 Å². The highest BCUT2D eigenvalue weighted by molar-refractivity contribution is 5.85. The second-order valence-electron chi connectivity index (χ2n) is 4.74. The van der Waals surface area contributed by atoms with Crippen molar-refractivity contribution in [2.75, 3.05) is 0 Å². The Kier molecular flexibility index (Phi) is 2.14. The zero-order valence-corrected chi connectivity index (χ0v) is 9.28. The topological polar surface area (TPSA) is 50.4 Å². The van der Waals surface area contributed by atoms with E-state index in [2.05, 4.69) is 13.8 Å². The first-order chi connectivity index (χ1) is 6.98. The van der Waals surface area contributed by atoms with Crippen LogP contribution in [0.5, 0.6) is 0 Å². The second kappa shape index (κ2) is 3.12. The van der Waals surface area contributed by atoms with Gasteiger partial charge < -0.3 is 9.52 Å². The van der Waals surface area contributed by atoms with Crippen LogP contribution in [-0.2, 0) is 10.2 Å². The van der Waals surface area contributed by atoms with E-state index in [1.54, 1.807) is 6.07 Å². The third-order valence-electron chi connectivity index (χ3n) is 3.38. The highest BCUT2D eigenvalue weighted by atomic mass is 16.4. The summed E-state index contributed by atoms with van der Waals surface area (Å²) in [7, 11) is 0. The Bertz CT molecular complexity index is 391. The maximum atomic E-state index is 11.3. The van der Waals surface area contributed by atoms with Crippen molar-refractivity contribution in [3.63, 3.8) is 0 Å². The van der Waals surface area contributed by atoms with Gasteiger partial charge in [-0.2, -0.15) is 0 Å². The van der Waals surface area contributed by atoms with Gasteiger partial charge >= 0.3 is 5.97 Å². The molecular formula is C12H16O3. The molecule has 1 aliphatic rings. The van der Waals surface area contributed by atoms with Crippen LogP contribution in [0.4, 0.5) is 0 Å². The summed E-state index contributed by atoms with van der Waals surface area (Å²) in [5.74, 6) is 1.23. The van der Waals surface area contributed by atoms with Gasteiger partial charge in [0.2, 0.25) is 0 Å². The van der Waals surface area contributed by atoms with Gasteiger partial charge in [0, 0.05) is 0 Å². The van der Waals surface area contributed by atoms with E-state index in [0.717, 1.165) is 5.76 Å². The predicted molar refractivity (Wildman–Crippen MR) is 55.7 cm³/mol. The number of carbonyl (C=O) groups is 1. The summed E-state index contributed by atoms with van der Waals surface area (Å²) in [4.78, 5) is 11.3. The van der Waals surface area contributed by atoms with Crippen LogP contribution in [0.3, 0.4) is 0 Å². The molecule has 0 aromatic carbocycles. The minimum atomic E-state index is -0.754. The molecule has 0 spiro atoms. The van der Waals surface area contributed by atoms with Gasteiger partial charge in [0.15, 0.2) is 0 Å². The van der Waals surface area contributed by atoms with Gasteiger partial charge in [0.05, 0.1) is 0 Å². The summed E-state index contributed by atoms with van der Waals surface area (Å²) in [5.41, 5.74) is -0.748. The van der Waals surface area contributed by atoms with E-state index in [9.17, 15) is 9.90 Å². The molecule has 1 heterocycles. The molecule has 1 aromatic heterocycles. The second-order valence-corrected chi connectivity index (χ2v) is 4.74. The Labute approximate surface area is 89.1 Å². The fourth-order valence-corrected chi connectivity index (χ4v) is 2.40. The lowest BCUT2D eigenvalue weighted by Gasteiger charge is -2.11. The molecule has 0 radical (unpaired) electrons. The first kappa shape index (κ1) is 10.3. The van der Waals surface area contributed by atoms with Crippen LogP contribution >= 0.6 is 0 Å². The van der Waals surface area contributed by atoms with Crippen molar-refractivity contribution in [3.8, 4) is 0 Å². The zero-order chi connectivity index (χ0) is 11.2. The van der Waals surface area contributed by atoms with Crippen LogP contribution in [0, 0.1) is 18.8 Å². The van der Waals surface area contributed by atoms with E-state index in [1.807, 2.05) is 13.0 Å². The highest BCUT2D eigenvalue weighted by Gasteiger charge is 2.64. The Balaban J connectivity index is 2.35. The average Bonchev–Trinajstić information content (AvgIpc) is 2.78. The molecule has 2 unspecified atom stereocenters. The molecule has 1 aliphatic carbocycles. The van der Waals surface area contributed by atoms with Crippen LogP contribution in [0.15, 0.2) is 16.5 Å². The minimum Gasteiger partial charge on any atom is -0.480 e. The third kappa shape index (κ3) is 1.37. The van der Waals surface area contributed by atoms with Gasteiger partial charge in [0.1, 0.15) is 16.9 Å². The van der Waals surface area contributed by atoms with Gasteiger partial charge in [-0.1, -0.05) is 13.8 Å². The average molecular weight is 208 g/mol. The molecule has 3 heteroatoms. The van der Waals surface area contributed by atoms with Gasteiger partial charge in [0.25, 0.3) is 0 Å². The Morgan fingerprint density at radius 1 is 1.60 bits per heavy atom. The number of furan rings is 1. The van der Waals surface area contributed by atoms with Crippen molar-refractivity contribution in [3.05, 3.63) is 23.7 Å². The molecular weight excluding hydrogens is 192 g/mol. The van der Waals surface area contributed by atoms with E-state index in [4.69, 9.17) is 4.42 Å². The fraction of sp³-hybridized carbons (Fsp3) is 0.583. The standard InChI is InChI=1S/C12H16O3/c1-7(2)9-6-12(9,11(13)14)10-5-4-8(3)15-10/h4-5,7,9H,6H2,1-3H3,(H,13,14). The van der Waals surface area contributed by atoms with E-state index < -0.39 is 11.4 Å². The summed E-state index contributed by atoms with van der Waals surface area (Å²) >= 11 is 0. The first-order valence-electron chi connectivity index (χ1n) is 5.29. The molecule has 2 atom stereocenters. The molecule has 0 bridgehead atoms. The van der Waals surface area contributed by atoms with Gasteiger partial charge in [-0.25, -0.2) is 0 Å². The van der Waals surface area contributed by atoms with E-state index >= 15 is 0 Å². The number of carboxylic acid groups (broad SMARTS) is 1. The molecule has 3 nitrogen and oxygen atoms in total. The SMILES string of the molecule is Cc1ccc(C2(C(=O)O)CC2C(C)C)o1. The fourth-order valence-electron chi connectivity index (χ4n) is 2.40. The molecule has 1 N–H and O–H groups in total.